The fraction of sp³-hybridized carbons (Fsp3) is 0.812. The van der Waals surface area contributed by atoms with Crippen LogP contribution in [-0.2, 0) is 19.1 Å². The van der Waals surface area contributed by atoms with Gasteiger partial charge in [0.15, 0.2) is 6.10 Å². The maximum Gasteiger partial charge on any atom is 0.333 e. The van der Waals surface area contributed by atoms with E-state index in [9.17, 15) is 30.0 Å². The Balaban J connectivity index is 1.64. The SMILES string of the molecule is BC1(B)C2CC[C@@]3(B)C4C(=CCC3[C@@]2(B)CC[C@@H]1O)C1C[C@@](B)(S)[C@@H](OC(=O)/C(C)=C\C)[C@H](OC(=O)C(C)C)[C@]1(CO)[C@H](O)[C@@H]4O. The molecular formula is C32H53B5O8S. The van der Waals surface area contributed by atoms with E-state index < -0.39 is 64.9 Å². The van der Waals surface area contributed by atoms with Crippen molar-refractivity contribution in [1.29, 1.82) is 0 Å². The van der Waals surface area contributed by atoms with Gasteiger partial charge in [0, 0.05) is 22.2 Å². The number of hydrogen-bond acceptors (Lipinski definition) is 9. The third-order valence-electron chi connectivity index (χ3n) is 14.0. The zero-order valence-corrected chi connectivity index (χ0v) is 30.1. The third kappa shape index (κ3) is 5.08. The third-order valence-corrected chi connectivity index (χ3v) is 14.4. The number of ether oxygens (including phenoxy) is 2. The quantitative estimate of drug-likeness (QED) is 0.0800. The lowest BCUT2D eigenvalue weighted by molar-refractivity contribution is -0.248. The lowest BCUT2D eigenvalue weighted by Gasteiger charge is -2.70. The fourth-order valence-corrected chi connectivity index (χ4v) is 11.6. The highest BCUT2D eigenvalue weighted by atomic mass is 32.1. The lowest BCUT2D eigenvalue weighted by atomic mass is 9.24. The van der Waals surface area contributed by atoms with Gasteiger partial charge in [0.2, 0.25) is 0 Å². The first-order valence-electron chi connectivity index (χ1n) is 17.4. The van der Waals surface area contributed by atoms with Gasteiger partial charge in [-0.2, -0.15) is 12.6 Å². The second-order valence-corrected chi connectivity index (χ2v) is 18.1. The highest BCUT2D eigenvalue weighted by Crippen LogP contribution is 2.76. The molecule has 5 rings (SSSR count). The van der Waals surface area contributed by atoms with Gasteiger partial charge in [-0.3, -0.25) is 4.79 Å². The van der Waals surface area contributed by atoms with Gasteiger partial charge in [-0.1, -0.05) is 61.4 Å². The van der Waals surface area contributed by atoms with Gasteiger partial charge in [-0.25, -0.2) is 4.79 Å². The van der Waals surface area contributed by atoms with Crippen molar-refractivity contribution < 1.29 is 39.5 Å². The molecule has 4 unspecified atom stereocenters. The van der Waals surface area contributed by atoms with Crippen molar-refractivity contribution in [2.24, 2.45) is 35.0 Å². The smallest absolute Gasteiger partial charge is 0.333 e. The minimum Gasteiger partial charge on any atom is -0.457 e. The molecule has 0 amide bonds. The van der Waals surface area contributed by atoms with Crippen LogP contribution in [0.5, 0.6) is 0 Å². The van der Waals surface area contributed by atoms with Gasteiger partial charge in [-0.05, 0) is 56.2 Å². The molecule has 0 spiro atoms. The van der Waals surface area contributed by atoms with Gasteiger partial charge in [0.1, 0.15) is 45.3 Å². The van der Waals surface area contributed by atoms with Gasteiger partial charge in [0.25, 0.3) is 0 Å². The standard InChI is InChI=1S/C32H53B5O8S/c1-5-15(4)27(43)45-25-24(44-26(42)14(2)3)28(13-38)17(12-31(25,35)46)16-6-7-18-29(33)11-9-20(39)32(36,37)19(29)8-10-30(18,34)21(16)22(40)23(28)41/h5-6,14,17-25,38-41,46H,7-13,33-37H2,1-4H3/b15-5-/t17?,18?,19?,20-,21?,22+,23+,24-,25-,28-,29-,30-,31+/m0/s1. The first-order valence-corrected chi connectivity index (χ1v) is 17.8. The molecule has 4 N–H and O–H groups in total. The predicted molar refractivity (Wildman–Crippen MR) is 194 cm³/mol. The zero-order chi connectivity index (χ0) is 34.4. The Labute approximate surface area is 284 Å². The Kier molecular flexibility index (Phi) is 9.50. The van der Waals surface area contributed by atoms with Crippen molar-refractivity contribution in [1.82, 2.24) is 0 Å². The van der Waals surface area contributed by atoms with E-state index in [-0.39, 0.29) is 33.8 Å². The number of hydrogen-bond donors (Lipinski definition) is 5. The molecule has 4 fully saturated rings. The normalized spacial score (nSPS) is 48.2. The van der Waals surface area contributed by atoms with Crippen LogP contribution in [0.2, 0.25) is 15.8 Å². The summed E-state index contributed by atoms with van der Waals surface area (Å²) in [4.78, 5) is 26.4. The van der Waals surface area contributed by atoms with E-state index in [1.165, 1.54) is 0 Å². The molecule has 5 aliphatic rings. The average molecular weight is 652 g/mol. The summed E-state index contributed by atoms with van der Waals surface area (Å²) in [6.45, 7) is 6.19. The molecule has 0 aromatic heterocycles. The number of carbonyl (C=O) groups is 2. The van der Waals surface area contributed by atoms with Crippen molar-refractivity contribution in [2.45, 2.75) is 117 Å². The fourth-order valence-electron chi connectivity index (χ4n) is 11.3. The first kappa shape index (κ1) is 36.2. The van der Waals surface area contributed by atoms with E-state index in [1.54, 1.807) is 33.8 Å². The molecular weight excluding hydrogens is 598 g/mol. The number of fused-ring (bicyclic) bond motifs is 7. The molecule has 0 heterocycles. The second-order valence-electron chi connectivity index (χ2n) is 17.1. The topological polar surface area (TPSA) is 134 Å². The van der Waals surface area contributed by atoms with Crippen molar-refractivity contribution in [3.05, 3.63) is 23.3 Å². The average Bonchev–Trinajstić information content (AvgIpc) is 2.98. The molecule has 5 aliphatic carbocycles. The molecule has 0 aliphatic heterocycles. The van der Waals surface area contributed by atoms with Gasteiger partial charge < -0.3 is 29.9 Å². The van der Waals surface area contributed by atoms with Crippen LogP contribution in [0, 0.1) is 35.0 Å². The van der Waals surface area contributed by atoms with Crippen molar-refractivity contribution in [3.63, 3.8) is 0 Å². The molecule has 0 aromatic carbocycles. The van der Waals surface area contributed by atoms with E-state index in [2.05, 4.69) is 37.5 Å². The number of aliphatic hydroxyl groups excluding tert-OH is 4. The van der Waals surface area contributed by atoms with Crippen LogP contribution < -0.4 is 0 Å². The van der Waals surface area contributed by atoms with Gasteiger partial charge >= 0.3 is 11.9 Å². The number of aliphatic hydroxyl groups is 4. The summed E-state index contributed by atoms with van der Waals surface area (Å²) in [6.07, 6.45) is 2.97. The van der Waals surface area contributed by atoms with Crippen LogP contribution in [-0.4, -0.2) is 113 Å². The Hall–Kier alpha value is -1.07. The van der Waals surface area contributed by atoms with Gasteiger partial charge in [0.05, 0.1) is 30.1 Å². The van der Waals surface area contributed by atoms with Crippen molar-refractivity contribution in [2.75, 3.05) is 6.61 Å². The number of esters is 2. The molecule has 250 valence electrons. The number of rotatable bonds is 5. The Morgan fingerprint density at radius 3 is 2.24 bits per heavy atom. The van der Waals surface area contributed by atoms with Crippen LogP contribution in [0.25, 0.3) is 0 Å². The number of thiol groups is 1. The minimum absolute atomic E-state index is 0.0577. The number of allylic oxidation sites excluding steroid dienone is 2. The molecule has 0 radical (unpaired) electrons. The number of carbonyl (C=O) groups excluding carboxylic acids is 2. The maximum atomic E-state index is 13.3. The van der Waals surface area contributed by atoms with Crippen LogP contribution in [0.3, 0.4) is 0 Å². The van der Waals surface area contributed by atoms with E-state index in [4.69, 9.17) is 22.1 Å². The molecule has 0 aromatic rings. The van der Waals surface area contributed by atoms with E-state index >= 15 is 0 Å². The van der Waals surface area contributed by atoms with Gasteiger partial charge in [-0.15, -0.1) is 0 Å². The second kappa shape index (κ2) is 12.1. The van der Waals surface area contributed by atoms with E-state index in [0.717, 1.165) is 37.7 Å². The highest BCUT2D eigenvalue weighted by molar-refractivity contribution is 7.83. The predicted octanol–water partition coefficient (Wildman–Crippen LogP) is -1.48. The summed E-state index contributed by atoms with van der Waals surface area (Å²) >= 11 is 5.07. The highest BCUT2D eigenvalue weighted by Gasteiger charge is 2.72. The summed E-state index contributed by atoms with van der Waals surface area (Å²) in [5.74, 6) is -1.98. The largest absolute Gasteiger partial charge is 0.457 e. The summed E-state index contributed by atoms with van der Waals surface area (Å²) in [6, 6.07) is 0. The summed E-state index contributed by atoms with van der Waals surface area (Å²) < 4.78 is 11.2. The van der Waals surface area contributed by atoms with Crippen LogP contribution in [0.4, 0.5) is 0 Å². The molecule has 0 saturated heterocycles. The van der Waals surface area contributed by atoms with Crippen LogP contribution in [0.15, 0.2) is 23.3 Å². The van der Waals surface area contributed by atoms with Crippen molar-refractivity contribution >= 4 is 63.8 Å². The molecule has 4 saturated carbocycles. The van der Waals surface area contributed by atoms with Crippen molar-refractivity contribution in [3.8, 4) is 0 Å². The summed E-state index contributed by atoms with van der Waals surface area (Å²) in [5.41, 5.74) is -0.174. The Bertz CT molecular complexity index is 1310. The zero-order valence-electron chi connectivity index (χ0n) is 29.2. The summed E-state index contributed by atoms with van der Waals surface area (Å²) in [7, 11) is 10.9. The van der Waals surface area contributed by atoms with E-state index in [1.807, 2.05) is 7.85 Å². The molecule has 46 heavy (non-hydrogen) atoms. The lowest BCUT2D eigenvalue weighted by Crippen LogP contribution is -2.74. The Morgan fingerprint density at radius 1 is 1.02 bits per heavy atom. The Morgan fingerprint density at radius 2 is 1.65 bits per heavy atom. The van der Waals surface area contributed by atoms with E-state index in [0.29, 0.717) is 17.9 Å². The molecule has 14 heteroatoms. The summed E-state index contributed by atoms with van der Waals surface area (Å²) in [5, 5.41) is 46.4. The minimum atomic E-state index is -1.52. The molecule has 13 atom stereocenters. The monoisotopic (exact) mass is 652 g/mol. The van der Waals surface area contributed by atoms with Crippen LogP contribution in [0.1, 0.15) is 66.2 Å². The molecule has 8 nitrogen and oxygen atoms in total. The molecule has 0 bridgehead atoms. The maximum absolute atomic E-state index is 13.3. The van der Waals surface area contributed by atoms with Crippen LogP contribution >= 0.6 is 12.6 Å². The first-order chi connectivity index (χ1) is 21.2.